The maximum atomic E-state index is 12.6. The molecule has 9 heteroatoms. The van der Waals surface area contributed by atoms with Crippen LogP contribution in [0.25, 0.3) is 11.3 Å². The van der Waals surface area contributed by atoms with Gasteiger partial charge in [0.2, 0.25) is 5.91 Å². The van der Waals surface area contributed by atoms with Crippen molar-refractivity contribution in [1.29, 1.82) is 5.26 Å². The second-order valence-corrected chi connectivity index (χ2v) is 8.24. The molecule has 0 radical (unpaired) electrons. The quantitative estimate of drug-likeness (QED) is 0.632. The maximum absolute atomic E-state index is 12.6. The first-order valence-corrected chi connectivity index (χ1v) is 10.5. The molecule has 1 saturated heterocycles. The van der Waals surface area contributed by atoms with Crippen molar-refractivity contribution in [3.05, 3.63) is 58.4 Å². The second kappa shape index (κ2) is 9.85. The minimum Gasteiger partial charge on any atom is -0.325 e. The fourth-order valence-corrected chi connectivity index (χ4v) is 4.30. The molecule has 156 valence electrons. The number of rotatable bonds is 6. The van der Waals surface area contributed by atoms with Crippen LogP contribution in [0.1, 0.15) is 23.3 Å². The number of nitrogens with two attached hydrogens (primary N) is 1. The summed E-state index contributed by atoms with van der Waals surface area (Å²) in [6.45, 7) is 1.32. The van der Waals surface area contributed by atoms with Gasteiger partial charge in [0.05, 0.1) is 24.9 Å². The third kappa shape index (κ3) is 4.87. The highest BCUT2D eigenvalue weighted by molar-refractivity contribution is 7.09. The molecule has 2 N–H and O–H groups in total. The van der Waals surface area contributed by atoms with Crippen molar-refractivity contribution in [3.8, 4) is 17.3 Å². The van der Waals surface area contributed by atoms with E-state index in [0.29, 0.717) is 19.5 Å². The summed E-state index contributed by atoms with van der Waals surface area (Å²) in [6.07, 6.45) is 3.97. The van der Waals surface area contributed by atoms with Crippen molar-refractivity contribution in [1.82, 2.24) is 19.9 Å². The summed E-state index contributed by atoms with van der Waals surface area (Å²) in [5, 5.41) is 19.7. The van der Waals surface area contributed by atoms with Gasteiger partial charge in [-0.25, -0.2) is 4.68 Å². The van der Waals surface area contributed by atoms with Crippen LogP contribution in [0.3, 0.4) is 0 Å². The zero-order valence-corrected chi connectivity index (χ0v) is 18.0. The molecule has 2 atom stereocenters. The Balaban J connectivity index is 0.00000256. The number of benzene rings is 1. The van der Waals surface area contributed by atoms with E-state index in [2.05, 4.69) is 22.4 Å². The number of hydrogen-bond donors (Lipinski definition) is 1. The Bertz CT molecular complexity index is 1010. The van der Waals surface area contributed by atoms with Gasteiger partial charge in [0.25, 0.3) is 0 Å². The van der Waals surface area contributed by atoms with Gasteiger partial charge in [0.15, 0.2) is 0 Å². The van der Waals surface area contributed by atoms with Crippen LogP contribution in [0.15, 0.2) is 48.0 Å². The molecule has 0 unspecified atom stereocenters. The van der Waals surface area contributed by atoms with E-state index in [1.165, 1.54) is 4.88 Å². The number of aromatic nitrogens is 3. The Kier molecular flexibility index (Phi) is 7.21. The molecule has 0 spiro atoms. The first-order chi connectivity index (χ1) is 14.1. The smallest absolute Gasteiger partial charge is 0.240 e. The highest BCUT2D eigenvalue weighted by Gasteiger charge is 2.31. The number of amides is 1. The number of thiophene rings is 1. The summed E-state index contributed by atoms with van der Waals surface area (Å²) in [5.41, 5.74) is 8.89. The molecule has 7 nitrogen and oxygen atoms in total. The maximum Gasteiger partial charge on any atom is 0.240 e. The summed E-state index contributed by atoms with van der Waals surface area (Å²) in [4.78, 5) is 15.4. The van der Waals surface area contributed by atoms with Gasteiger partial charge in [-0.3, -0.25) is 4.79 Å². The molecule has 0 bridgehead atoms. The minimum absolute atomic E-state index is 0. The molecular weight excluding hydrogens is 420 g/mol. The van der Waals surface area contributed by atoms with E-state index in [1.807, 2.05) is 46.6 Å². The van der Waals surface area contributed by atoms with Gasteiger partial charge in [0.1, 0.15) is 11.7 Å². The molecule has 1 aliphatic rings. The van der Waals surface area contributed by atoms with E-state index in [4.69, 9.17) is 5.73 Å². The predicted molar refractivity (Wildman–Crippen MR) is 118 cm³/mol. The van der Waals surface area contributed by atoms with Gasteiger partial charge in [-0.1, -0.05) is 35.5 Å². The monoisotopic (exact) mass is 442 g/mol. The zero-order chi connectivity index (χ0) is 20.2. The topological polar surface area (TPSA) is 101 Å². The molecule has 1 aromatic carbocycles. The molecule has 3 heterocycles. The third-order valence-electron chi connectivity index (χ3n) is 5.14. The van der Waals surface area contributed by atoms with Crippen molar-refractivity contribution in [2.75, 3.05) is 6.54 Å². The van der Waals surface area contributed by atoms with E-state index in [-0.39, 0.29) is 24.4 Å². The van der Waals surface area contributed by atoms with Gasteiger partial charge in [-0.05, 0) is 36.3 Å². The lowest BCUT2D eigenvalue weighted by Gasteiger charge is -2.23. The van der Waals surface area contributed by atoms with E-state index in [9.17, 15) is 10.1 Å². The molecular formula is C21H23ClN6OS. The SMILES string of the molecule is Cl.N#C[C@@H]1CCCN1C(=O)[C@@H](N)Cc1ccc(-c2cn(Cc3cccs3)nn2)cc1. The van der Waals surface area contributed by atoms with Crippen molar-refractivity contribution in [3.63, 3.8) is 0 Å². The lowest BCUT2D eigenvalue weighted by Crippen LogP contribution is -2.46. The van der Waals surface area contributed by atoms with Gasteiger partial charge in [0, 0.05) is 17.0 Å². The fourth-order valence-electron chi connectivity index (χ4n) is 3.60. The van der Waals surface area contributed by atoms with Crippen molar-refractivity contribution < 1.29 is 4.79 Å². The van der Waals surface area contributed by atoms with Crippen LogP contribution in [0.5, 0.6) is 0 Å². The number of carbonyl (C=O) groups excluding carboxylic acids is 1. The van der Waals surface area contributed by atoms with Crippen LogP contribution < -0.4 is 5.73 Å². The van der Waals surface area contributed by atoms with E-state index in [1.54, 1.807) is 16.2 Å². The summed E-state index contributed by atoms with van der Waals surface area (Å²) < 4.78 is 1.82. The van der Waals surface area contributed by atoms with Crippen LogP contribution in [0.2, 0.25) is 0 Å². The molecule has 30 heavy (non-hydrogen) atoms. The largest absolute Gasteiger partial charge is 0.325 e. The second-order valence-electron chi connectivity index (χ2n) is 7.21. The fraction of sp³-hybridized carbons (Fsp3) is 0.333. The van der Waals surface area contributed by atoms with E-state index < -0.39 is 6.04 Å². The molecule has 0 saturated carbocycles. The Morgan fingerprint density at radius 1 is 1.33 bits per heavy atom. The van der Waals surface area contributed by atoms with E-state index >= 15 is 0 Å². The highest BCUT2D eigenvalue weighted by atomic mass is 35.5. The molecule has 0 aliphatic carbocycles. The van der Waals surface area contributed by atoms with Crippen LogP contribution in [0.4, 0.5) is 0 Å². The number of halogens is 1. The summed E-state index contributed by atoms with van der Waals surface area (Å²) in [6, 6.07) is 13.2. The van der Waals surface area contributed by atoms with Crippen molar-refractivity contribution in [2.24, 2.45) is 5.73 Å². The Morgan fingerprint density at radius 3 is 2.83 bits per heavy atom. The van der Waals surface area contributed by atoms with E-state index in [0.717, 1.165) is 29.7 Å². The zero-order valence-electron chi connectivity index (χ0n) is 16.3. The van der Waals surface area contributed by atoms with Crippen molar-refractivity contribution in [2.45, 2.75) is 37.9 Å². The number of hydrogen-bond acceptors (Lipinski definition) is 6. The van der Waals surface area contributed by atoms with Crippen molar-refractivity contribution >= 4 is 29.7 Å². The van der Waals surface area contributed by atoms with Crippen LogP contribution >= 0.6 is 23.7 Å². The van der Waals surface area contributed by atoms with Gasteiger partial charge < -0.3 is 10.6 Å². The highest BCUT2D eigenvalue weighted by Crippen LogP contribution is 2.20. The summed E-state index contributed by atoms with van der Waals surface area (Å²) in [7, 11) is 0. The van der Waals surface area contributed by atoms with Gasteiger partial charge in [-0.2, -0.15) is 5.26 Å². The predicted octanol–water partition coefficient (Wildman–Crippen LogP) is 2.86. The minimum atomic E-state index is -0.638. The van der Waals surface area contributed by atoms with Crippen LogP contribution in [-0.4, -0.2) is 44.4 Å². The average molecular weight is 443 g/mol. The molecule has 3 aromatic rings. The Hall–Kier alpha value is -2.73. The van der Waals surface area contributed by atoms with Gasteiger partial charge in [-0.15, -0.1) is 28.8 Å². The third-order valence-corrected chi connectivity index (χ3v) is 6.01. The number of likely N-dealkylation sites (tertiary alicyclic amines) is 1. The summed E-state index contributed by atoms with van der Waals surface area (Å²) >= 11 is 1.69. The number of carbonyl (C=O) groups is 1. The normalized spacial score (nSPS) is 16.7. The van der Waals surface area contributed by atoms with Gasteiger partial charge >= 0.3 is 0 Å². The van der Waals surface area contributed by atoms with Crippen LogP contribution in [0, 0.1) is 11.3 Å². The Morgan fingerprint density at radius 2 is 2.13 bits per heavy atom. The Labute approximate surface area is 185 Å². The first kappa shape index (κ1) is 22.0. The first-order valence-electron chi connectivity index (χ1n) is 9.61. The molecule has 1 fully saturated rings. The molecule has 1 aliphatic heterocycles. The molecule has 2 aromatic heterocycles. The average Bonchev–Trinajstić information content (AvgIpc) is 3.50. The number of nitriles is 1. The molecule has 4 rings (SSSR count). The van der Waals surface area contributed by atoms with Crippen LogP contribution in [-0.2, 0) is 17.8 Å². The number of nitrogens with zero attached hydrogens (tertiary/aromatic N) is 5. The lowest BCUT2D eigenvalue weighted by atomic mass is 10.0. The summed E-state index contributed by atoms with van der Waals surface area (Å²) in [5.74, 6) is -0.144. The standard InChI is InChI=1S/C21H22N6OS.ClH/c22-12-17-3-1-9-27(17)21(28)19(23)11-15-5-7-16(8-6-15)20-14-26(25-24-20)13-18-4-2-10-29-18;/h2,4-8,10,14,17,19H,1,3,9,11,13,23H2;1H/t17-,19-;/m0./s1. The lowest BCUT2D eigenvalue weighted by molar-refractivity contribution is -0.132. The molecule has 1 amide bonds.